The Kier molecular flexibility index (Phi) is 3.26. The lowest BCUT2D eigenvalue weighted by atomic mass is 10.5. The number of nitrogens with two attached hydrogens (primary N) is 1. The molecule has 3 N–H and O–H groups in total. The minimum Gasteiger partial charge on any atom is -0.383 e. The number of nitrogens with zero attached hydrogens (tertiary/aromatic N) is 4. The Labute approximate surface area is 104 Å². The molecule has 2 aromatic heterocycles. The van der Waals surface area contributed by atoms with E-state index < -0.39 is 10.0 Å². The monoisotopic (exact) mass is 268 g/mol. The molecule has 0 aliphatic heterocycles. The van der Waals surface area contributed by atoms with Crippen molar-refractivity contribution < 1.29 is 8.42 Å². The fraction of sp³-hybridized carbons (Fsp3) is 0.222. The summed E-state index contributed by atoms with van der Waals surface area (Å²) >= 11 is 0. The normalized spacial score (nSPS) is 11.6. The molecule has 0 spiro atoms. The van der Waals surface area contributed by atoms with Crippen LogP contribution >= 0.6 is 0 Å². The average Bonchev–Trinajstić information content (AvgIpc) is 2.73. The molecule has 0 unspecified atom stereocenters. The van der Waals surface area contributed by atoms with Gasteiger partial charge in [0.2, 0.25) is 10.0 Å². The Morgan fingerprint density at radius 1 is 1.44 bits per heavy atom. The van der Waals surface area contributed by atoms with Crippen molar-refractivity contribution in [3.05, 3.63) is 30.5 Å². The first-order valence-electron chi connectivity index (χ1n) is 5.04. The van der Waals surface area contributed by atoms with E-state index in [1.807, 2.05) is 0 Å². The lowest BCUT2D eigenvalue weighted by Crippen LogP contribution is -2.25. The Balaban J connectivity index is 2.16. The number of aromatic nitrogens is 4. The summed E-state index contributed by atoms with van der Waals surface area (Å²) in [4.78, 5) is 7.59. The van der Waals surface area contributed by atoms with Crippen molar-refractivity contribution in [3.63, 3.8) is 0 Å². The van der Waals surface area contributed by atoms with Gasteiger partial charge in [0.15, 0.2) is 5.82 Å². The molecular formula is C9H12N6O2S. The van der Waals surface area contributed by atoms with Crippen LogP contribution in [0.1, 0.15) is 5.82 Å². The molecule has 0 radical (unpaired) electrons. The van der Waals surface area contributed by atoms with Crippen molar-refractivity contribution in [2.24, 2.45) is 7.05 Å². The molecule has 0 atom stereocenters. The third-order valence-corrected chi connectivity index (χ3v) is 3.61. The van der Waals surface area contributed by atoms with Gasteiger partial charge in [0, 0.05) is 13.2 Å². The van der Waals surface area contributed by atoms with Crippen LogP contribution in [0, 0.1) is 0 Å². The van der Waals surface area contributed by atoms with Crippen LogP contribution in [0.3, 0.4) is 0 Å². The Morgan fingerprint density at radius 3 is 2.83 bits per heavy atom. The second-order valence-electron chi connectivity index (χ2n) is 3.55. The van der Waals surface area contributed by atoms with Crippen LogP contribution in [-0.2, 0) is 23.6 Å². The third-order valence-electron chi connectivity index (χ3n) is 2.16. The minimum absolute atomic E-state index is 0.00247. The van der Waals surface area contributed by atoms with Gasteiger partial charge in [0.05, 0.1) is 6.54 Å². The van der Waals surface area contributed by atoms with Crippen molar-refractivity contribution in [2.45, 2.75) is 11.4 Å². The van der Waals surface area contributed by atoms with E-state index in [-0.39, 0.29) is 17.3 Å². The molecule has 0 saturated carbocycles. The van der Waals surface area contributed by atoms with Crippen LogP contribution in [0.15, 0.2) is 29.6 Å². The van der Waals surface area contributed by atoms with E-state index in [9.17, 15) is 8.42 Å². The molecule has 2 rings (SSSR count). The second-order valence-corrected chi connectivity index (χ2v) is 5.28. The fourth-order valence-electron chi connectivity index (χ4n) is 1.33. The highest BCUT2D eigenvalue weighted by Crippen LogP contribution is 2.14. The Morgan fingerprint density at radius 2 is 2.22 bits per heavy atom. The number of sulfonamides is 1. The number of aryl methyl sites for hydroxylation is 1. The topological polar surface area (TPSA) is 116 Å². The maximum Gasteiger partial charge on any atom is 0.244 e. The van der Waals surface area contributed by atoms with Gasteiger partial charge >= 0.3 is 0 Å². The Bertz CT molecular complexity index is 651. The zero-order valence-electron chi connectivity index (χ0n) is 9.61. The average molecular weight is 268 g/mol. The van der Waals surface area contributed by atoms with Gasteiger partial charge in [-0.3, -0.25) is 4.68 Å². The lowest BCUT2D eigenvalue weighted by Gasteiger charge is -2.06. The van der Waals surface area contributed by atoms with Gasteiger partial charge in [0.25, 0.3) is 0 Å². The summed E-state index contributed by atoms with van der Waals surface area (Å²) in [7, 11) is -2.01. The summed E-state index contributed by atoms with van der Waals surface area (Å²) in [6.45, 7) is -0.00247. The van der Waals surface area contributed by atoms with Crippen LogP contribution in [0.4, 0.5) is 5.82 Å². The highest BCUT2D eigenvalue weighted by molar-refractivity contribution is 7.89. The van der Waals surface area contributed by atoms with Crippen LogP contribution in [-0.4, -0.2) is 28.2 Å². The second kappa shape index (κ2) is 4.70. The van der Waals surface area contributed by atoms with Gasteiger partial charge in [-0.25, -0.2) is 23.1 Å². The third kappa shape index (κ3) is 2.63. The molecule has 0 saturated heterocycles. The predicted octanol–water partition coefficient (Wildman–Crippen LogP) is -0.729. The van der Waals surface area contributed by atoms with E-state index in [1.165, 1.54) is 29.3 Å². The van der Waals surface area contributed by atoms with Crippen molar-refractivity contribution in [3.8, 4) is 0 Å². The van der Waals surface area contributed by atoms with Gasteiger partial charge in [-0.1, -0.05) is 0 Å². The first-order valence-corrected chi connectivity index (χ1v) is 6.52. The standard InChI is InChI=1S/C9H12N6O2S/c1-15-6-12-8(14-15)5-13-18(16,17)7-3-2-4-11-9(7)10/h2-4,6,13H,5H2,1H3,(H2,10,11). The molecule has 0 aliphatic rings. The quantitative estimate of drug-likeness (QED) is 0.755. The fourth-order valence-corrected chi connectivity index (χ4v) is 2.39. The number of nitrogen functional groups attached to an aromatic ring is 1. The van der Waals surface area contributed by atoms with Crippen molar-refractivity contribution in [1.82, 2.24) is 24.5 Å². The smallest absolute Gasteiger partial charge is 0.244 e. The van der Waals surface area contributed by atoms with E-state index in [1.54, 1.807) is 7.05 Å². The summed E-state index contributed by atoms with van der Waals surface area (Å²) in [5.74, 6) is 0.336. The van der Waals surface area contributed by atoms with Crippen LogP contribution in [0.2, 0.25) is 0 Å². The maximum absolute atomic E-state index is 11.9. The predicted molar refractivity (Wildman–Crippen MR) is 63.7 cm³/mol. The van der Waals surface area contributed by atoms with Gasteiger partial charge in [-0.15, -0.1) is 0 Å². The van der Waals surface area contributed by atoms with Gasteiger partial charge in [-0.2, -0.15) is 5.10 Å². The summed E-state index contributed by atoms with van der Waals surface area (Å²) in [5, 5.41) is 3.96. The van der Waals surface area contributed by atoms with Crippen molar-refractivity contribution in [1.29, 1.82) is 0 Å². The van der Waals surface area contributed by atoms with E-state index >= 15 is 0 Å². The molecule has 0 aliphatic carbocycles. The molecule has 9 heteroatoms. The number of pyridine rings is 1. The van der Waals surface area contributed by atoms with E-state index in [4.69, 9.17) is 5.73 Å². The van der Waals surface area contributed by atoms with Gasteiger partial charge in [0.1, 0.15) is 17.0 Å². The molecule has 0 bridgehead atoms. The number of rotatable bonds is 4. The zero-order chi connectivity index (χ0) is 13.2. The summed E-state index contributed by atoms with van der Waals surface area (Å²) in [6, 6.07) is 2.89. The largest absolute Gasteiger partial charge is 0.383 e. The number of hydrogen-bond donors (Lipinski definition) is 2. The van der Waals surface area contributed by atoms with E-state index in [0.717, 1.165) is 0 Å². The summed E-state index contributed by atoms with van der Waals surface area (Å²) in [6.07, 6.45) is 2.91. The summed E-state index contributed by atoms with van der Waals surface area (Å²) in [5.41, 5.74) is 5.51. The lowest BCUT2D eigenvalue weighted by molar-refractivity contribution is 0.578. The van der Waals surface area contributed by atoms with E-state index in [0.29, 0.717) is 5.82 Å². The number of nitrogens with one attached hydrogen (secondary N) is 1. The van der Waals surface area contributed by atoms with Gasteiger partial charge < -0.3 is 5.73 Å². The maximum atomic E-state index is 11.9. The van der Waals surface area contributed by atoms with Crippen molar-refractivity contribution >= 4 is 15.8 Å². The first-order chi connectivity index (χ1) is 8.49. The Hall–Kier alpha value is -2.00. The molecular weight excluding hydrogens is 256 g/mol. The molecule has 8 nitrogen and oxygen atoms in total. The highest BCUT2D eigenvalue weighted by Gasteiger charge is 2.18. The minimum atomic E-state index is -3.71. The van der Waals surface area contributed by atoms with Gasteiger partial charge in [-0.05, 0) is 12.1 Å². The molecule has 0 fully saturated rings. The number of anilines is 1. The van der Waals surface area contributed by atoms with Crippen molar-refractivity contribution in [2.75, 3.05) is 5.73 Å². The molecule has 96 valence electrons. The molecule has 2 heterocycles. The molecule has 2 aromatic rings. The highest BCUT2D eigenvalue weighted by atomic mass is 32.2. The van der Waals surface area contributed by atoms with E-state index in [2.05, 4.69) is 19.8 Å². The van der Waals surface area contributed by atoms with Crippen LogP contribution in [0.5, 0.6) is 0 Å². The number of hydrogen-bond acceptors (Lipinski definition) is 6. The molecule has 18 heavy (non-hydrogen) atoms. The zero-order valence-corrected chi connectivity index (χ0v) is 10.4. The summed E-state index contributed by atoms with van der Waals surface area (Å²) < 4.78 is 27.7. The first kappa shape index (κ1) is 12.5. The molecule has 0 amide bonds. The van der Waals surface area contributed by atoms with Crippen LogP contribution < -0.4 is 10.5 Å². The van der Waals surface area contributed by atoms with Crippen LogP contribution in [0.25, 0.3) is 0 Å². The SMILES string of the molecule is Cn1cnc(CNS(=O)(=O)c2cccnc2N)n1. The molecule has 0 aromatic carbocycles.